The summed E-state index contributed by atoms with van der Waals surface area (Å²) in [5.74, 6) is 2.05. The summed E-state index contributed by atoms with van der Waals surface area (Å²) in [6.07, 6.45) is 3.93. The lowest BCUT2D eigenvalue weighted by molar-refractivity contribution is 0.198. The molecule has 6 heteroatoms. The van der Waals surface area contributed by atoms with E-state index in [1.807, 2.05) is 54.6 Å². The third-order valence-electron chi connectivity index (χ3n) is 4.26. The van der Waals surface area contributed by atoms with Crippen LogP contribution >= 0.6 is 0 Å². The van der Waals surface area contributed by atoms with Gasteiger partial charge in [-0.25, -0.2) is 9.97 Å². The zero-order valence-electron chi connectivity index (χ0n) is 14.2. The van der Waals surface area contributed by atoms with Crippen LogP contribution in [0.5, 0.6) is 11.6 Å². The molecule has 26 heavy (non-hydrogen) atoms. The number of hydrogen-bond acceptors (Lipinski definition) is 6. The van der Waals surface area contributed by atoms with Crippen LogP contribution in [0.1, 0.15) is 6.42 Å². The molecular weight excluding hydrogens is 328 g/mol. The lowest BCUT2D eigenvalue weighted by Gasteiger charge is -2.20. The predicted octanol–water partition coefficient (Wildman–Crippen LogP) is 3.58. The Morgan fingerprint density at radius 3 is 2.58 bits per heavy atom. The number of β-amino-alcohol motifs (C(OH)–C–C–N with tert-alkyl or cyclic N) is 1. The Balaban J connectivity index is 1.48. The van der Waals surface area contributed by atoms with Crippen LogP contribution in [-0.2, 0) is 0 Å². The average Bonchev–Trinajstić information content (AvgIpc) is 3.11. The molecule has 0 unspecified atom stereocenters. The molecule has 1 aliphatic heterocycles. The Morgan fingerprint density at radius 2 is 1.85 bits per heavy atom. The first-order chi connectivity index (χ1) is 12.8. The highest BCUT2D eigenvalue weighted by Gasteiger charge is 2.23. The number of anilines is 3. The van der Waals surface area contributed by atoms with Gasteiger partial charge in [0.05, 0.1) is 6.10 Å². The van der Waals surface area contributed by atoms with Crippen LogP contribution in [0, 0.1) is 0 Å². The van der Waals surface area contributed by atoms with Crippen molar-refractivity contribution in [2.24, 2.45) is 0 Å². The number of ether oxygens (including phenoxy) is 1. The van der Waals surface area contributed by atoms with E-state index in [0.29, 0.717) is 18.2 Å². The number of nitrogens with one attached hydrogen (secondary N) is 1. The lowest BCUT2D eigenvalue weighted by Crippen LogP contribution is -2.21. The number of aromatic nitrogens is 2. The monoisotopic (exact) mass is 348 g/mol. The molecule has 0 saturated carbocycles. The third-order valence-corrected chi connectivity index (χ3v) is 4.26. The van der Waals surface area contributed by atoms with Gasteiger partial charge in [0.2, 0.25) is 5.88 Å². The third kappa shape index (κ3) is 3.75. The van der Waals surface area contributed by atoms with Gasteiger partial charge in [-0.05, 0) is 55.0 Å². The minimum atomic E-state index is -0.292. The number of nitrogens with zero attached hydrogens (tertiary/aromatic N) is 3. The van der Waals surface area contributed by atoms with Crippen molar-refractivity contribution in [2.45, 2.75) is 12.5 Å². The first kappa shape index (κ1) is 16.4. The minimum Gasteiger partial charge on any atom is -0.437 e. The van der Waals surface area contributed by atoms with E-state index in [1.165, 1.54) is 0 Å². The summed E-state index contributed by atoms with van der Waals surface area (Å²) in [4.78, 5) is 10.7. The maximum Gasteiger partial charge on any atom is 0.243 e. The van der Waals surface area contributed by atoms with Gasteiger partial charge in [0.25, 0.3) is 0 Å². The quantitative estimate of drug-likeness (QED) is 0.734. The van der Waals surface area contributed by atoms with Crippen molar-refractivity contribution >= 4 is 17.2 Å². The van der Waals surface area contributed by atoms with Crippen LogP contribution in [0.15, 0.2) is 67.0 Å². The zero-order valence-corrected chi connectivity index (χ0v) is 14.2. The number of aliphatic hydroxyl groups is 1. The van der Waals surface area contributed by atoms with Crippen molar-refractivity contribution in [3.8, 4) is 11.6 Å². The highest BCUT2D eigenvalue weighted by atomic mass is 16.5. The van der Waals surface area contributed by atoms with Crippen LogP contribution < -0.4 is 15.0 Å². The molecule has 0 bridgehead atoms. The molecule has 1 fully saturated rings. The number of benzene rings is 1. The molecule has 6 nitrogen and oxygen atoms in total. The smallest absolute Gasteiger partial charge is 0.243 e. The second-order valence-corrected chi connectivity index (χ2v) is 6.18. The molecule has 3 aromatic rings. The number of aliphatic hydroxyl groups excluding tert-OH is 1. The van der Waals surface area contributed by atoms with Gasteiger partial charge < -0.3 is 20.1 Å². The summed E-state index contributed by atoms with van der Waals surface area (Å²) in [6, 6.07) is 17.2. The molecule has 1 aliphatic rings. The van der Waals surface area contributed by atoms with Gasteiger partial charge >= 0.3 is 0 Å². The van der Waals surface area contributed by atoms with E-state index in [9.17, 15) is 5.11 Å². The van der Waals surface area contributed by atoms with Crippen LogP contribution in [0.3, 0.4) is 0 Å². The summed E-state index contributed by atoms with van der Waals surface area (Å²) in [6.45, 7) is 1.41. The van der Waals surface area contributed by atoms with Crippen molar-refractivity contribution in [1.82, 2.24) is 9.97 Å². The lowest BCUT2D eigenvalue weighted by atomic mass is 10.3. The molecular formula is C20H20N4O2. The predicted molar refractivity (Wildman–Crippen MR) is 101 cm³/mol. The molecule has 0 aliphatic carbocycles. The fourth-order valence-electron chi connectivity index (χ4n) is 2.96. The largest absolute Gasteiger partial charge is 0.437 e. The van der Waals surface area contributed by atoms with Crippen LogP contribution in [0.25, 0.3) is 0 Å². The Hall–Kier alpha value is -3.12. The summed E-state index contributed by atoms with van der Waals surface area (Å²) in [5.41, 5.74) is 1.83. The van der Waals surface area contributed by atoms with E-state index in [-0.39, 0.29) is 6.10 Å². The molecule has 4 rings (SSSR count). The number of hydrogen-bond donors (Lipinski definition) is 2. The van der Waals surface area contributed by atoms with E-state index in [0.717, 1.165) is 30.2 Å². The molecule has 2 N–H and O–H groups in total. The Labute approximate surface area is 152 Å². The van der Waals surface area contributed by atoms with Crippen molar-refractivity contribution in [2.75, 3.05) is 23.3 Å². The molecule has 2 aromatic heterocycles. The summed E-state index contributed by atoms with van der Waals surface area (Å²) < 4.78 is 5.98. The van der Waals surface area contributed by atoms with Crippen LogP contribution in [0.4, 0.5) is 17.2 Å². The van der Waals surface area contributed by atoms with Crippen molar-refractivity contribution in [3.63, 3.8) is 0 Å². The molecule has 0 amide bonds. The average molecular weight is 348 g/mol. The summed E-state index contributed by atoms with van der Waals surface area (Å²) in [7, 11) is 0. The van der Waals surface area contributed by atoms with E-state index in [2.05, 4.69) is 20.2 Å². The second-order valence-electron chi connectivity index (χ2n) is 6.18. The standard InChI is InChI=1S/C20H20N4O2/c25-16-10-13-24(14-16)18-4-3-12-22-20(18)26-17-8-6-15(7-9-17)23-19-5-1-2-11-21-19/h1-9,11-12,16,25H,10,13-14H2,(H,21,23)/t16-/m0/s1. The van der Waals surface area contributed by atoms with Gasteiger partial charge in [-0.1, -0.05) is 6.07 Å². The maximum atomic E-state index is 9.78. The Bertz CT molecular complexity index is 855. The molecule has 1 saturated heterocycles. The second kappa shape index (κ2) is 7.41. The molecule has 1 aromatic carbocycles. The van der Waals surface area contributed by atoms with Gasteiger partial charge in [0.15, 0.2) is 0 Å². The molecule has 3 heterocycles. The van der Waals surface area contributed by atoms with Gasteiger partial charge in [-0.15, -0.1) is 0 Å². The normalized spacial score (nSPS) is 16.5. The fourth-order valence-corrected chi connectivity index (χ4v) is 2.96. The Morgan fingerprint density at radius 1 is 1.00 bits per heavy atom. The van der Waals surface area contributed by atoms with Crippen LogP contribution in [0.2, 0.25) is 0 Å². The molecule has 1 atom stereocenters. The summed E-state index contributed by atoms with van der Waals surface area (Å²) in [5, 5.41) is 13.0. The van der Waals surface area contributed by atoms with Gasteiger partial charge in [0, 0.05) is 31.2 Å². The van der Waals surface area contributed by atoms with Crippen molar-refractivity contribution in [3.05, 3.63) is 67.0 Å². The van der Waals surface area contributed by atoms with E-state index < -0.39 is 0 Å². The summed E-state index contributed by atoms with van der Waals surface area (Å²) >= 11 is 0. The molecule has 0 radical (unpaired) electrons. The zero-order chi connectivity index (χ0) is 17.8. The Kier molecular flexibility index (Phi) is 4.66. The minimum absolute atomic E-state index is 0.292. The molecule has 132 valence electrons. The highest BCUT2D eigenvalue weighted by Crippen LogP contribution is 2.32. The van der Waals surface area contributed by atoms with Gasteiger partial charge in [0.1, 0.15) is 17.3 Å². The van der Waals surface area contributed by atoms with E-state index in [1.54, 1.807) is 12.4 Å². The topological polar surface area (TPSA) is 70.5 Å². The van der Waals surface area contributed by atoms with E-state index in [4.69, 9.17) is 4.74 Å². The fraction of sp³-hybridized carbons (Fsp3) is 0.200. The van der Waals surface area contributed by atoms with Gasteiger partial charge in [-0.3, -0.25) is 0 Å². The maximum absolute atomic E-state index is 9.78. The number of rotatable bonds is 5. The highest BCUT2D eigenvalue weighted by molar-refractivity contribution is 5.59. The molecule has 0 spiro atoms. The first-order valence-electron chi connectivity index (χ1n) is 8.62. The van der Waals surface area contributed by atoms with Gasteiger partial charge in [-0.2, -0.15) is 0 Å². The van der Waals surface area contributed by atoms with E-state index >= 15 is 0 Å². The first-order valence-corrected chi connectivity index (χ1v) is 8.62. The van der Waals surface area contributed by atoms with Crippen molar-refractivity contribution in [1.29, 1.82) is 0 Å². The SMILES string of the molecule is O[C@H]1CCN(c2cccnc2Oc2ccc(Nc3ccccn3)cc2)C1. The number of pyridine rings is 2. The van der Waals surface area contributed by atoms with Crippen molar-refractivity contribution < 1.29 is 9.84 Å². The van der Waals surface area contributed by atoms with Crippen LogP contribution in [-0.4, -0.2) is 34.3 Å².